The smallest absolute Gasteiger partial charge is 0.305 e. The van der Waals surface area contributed by atoms with Gasteiger partial charge in [0, 0.05) is 12.8 Å². The number of aliphatic hydroxyl groups is 2. The first-order chi connectivity index (χ1) is 35.0. The van der Waals surface area contributed by atoms with Gasteiger partial charge in [-0.2, -0.15) is 0 Å². The number of hydrogen-bond donors (Lipinski definition) is 3. The fraction of sp³-hybridized carbons (Fsp3) is 0.908. The Morgan fingerprint density at radius 1 is 0.394 bits per heavy atom. The number of ether oxygens (including phenoxy) is 1. The average molecular weight is 1000 g/mol. The third-order valence-corrected chi connectivity index (χ3v) is 15.0. The Kier molecular flexibility index (Phi) is 59.5. The van der Waals surface area contributed by atoms with E-state index in [4.69, 9.17) is 4.74 Å². The molecule has 0 saturated heterocycles. The minimum atomic E-state index is -0.673. The molecule has 0 fully saturated rings. The highest BCUT2D eigenvalue weighted by Crippen LogP contribution is 2.18. The molecule has 0 radical (unpaired) electrons. The van der Waals surface area contributed by atoms with Crippen molar-refractivity contribution in [3.63, 3.8) is 0 Å². The summed E-state index contributed by atoms with van der Waals surface area (Å²) in [6.45, 7) is 4.93. The molecule has 0 aliphatic rings. The Hall–Kier alpha value is -1.66. The van der Waals surface area contributed by atoms with Crippen LogP contribution in [0.2, 0.25) is 0 Å². The first-order valence-corrected chi connectivity index (χ1v) is 32.1. The second kappa shape index (κ2) is 60.9. The van der Waals surface area contributed by atoms with Gasteiger partial charge in [-0.1, -0.05) is 308 Å². The standard InChI is InChI=1S/C65H125NO5/c1-3-5-7-9-11-13-15-17-19-20-21-22-23-24-25-26-27-28-30-33-37-41-45-49-53-57-63(68)62(61-67)66-64(69)58-54-50-46-42-38-34-31-32-36-40-44-48-52-56-60-71-65(70)59-55-51-47-43-39-35-29-18-16-14-12-10-8-6-4-2/h12,14,18,29,62-63,67-68H,3-11,13,15-17,19-28,30-61H2,1-2H3,(H,66,69)/b14-12-,29-18-. The number of nitrogens with one attached hydrogen (secondary N) is 1. The SMILES string of the molecule is CCCCC/C=C\C/C=C\CCCCCCCC(=O)OCCCCCCCCCCCCCCCCC(=O)NC(CO)C(O)CCCCCCCCCCCCCCCCCCCCCCCCCCC. The molecule has 0 bridgehead atoms. The highest BCUT2D eigenvalue weighted by Gasteiger charge is 2.20. The first-order valence-electron chi connectivity index (χ1n) is 32.1. The van der Waals surface area contributed by atoms with Gasteiger partial charge >= 0.3 is 5.97 Å². The Balaban J connectivity index is 3.43. The molecule has 0 spiro atoms. The molecule has 0 saturated carbocycles. The normalized spacial score (nSPS) is 12.7. The van der Waals surface area contributed by atoms with Crippen LogP contribution in [0, 0.1) is 0 Å². The molecule has 0 heterocycles. The van der Waals surface area contributed by atoms with E-state index in [0.29, 0.717) is 25.9 Å². The summed E-state index contributed by atoms with van der Waals surface area (Å²) in [6, 6.07) is -0.552. The van der Waals surface area contributed by atoms with Crippen LogP contribution in [-0.4, -0.2) is 47.4 Å². The van der Waals surface area contributed by atoms with Crippen LogP contribution in [0.15, 0.2) is 24.3 Å². The van der Waals surface area contributed by atoms with Gasteiger partial charge in [0.05, 0.1) is 25.4 Å². The zero-order chi connectivity index (χ0) is 51.4. The lowest BCUT2D eigenvalue weighted by Gasteiger charge is -2.22. The van der Waals surface area contributed by atoms with Gasteiger partial charge in [-0.25, -0.2) is 0 Å². The van der Waals surface area contributed by atoms with Crippen molar-refractivity contribution in [2.45, 2.75) is 366 Å². The fourth-order valence-corrected chi connectivity index (χ4v) is 10.1. The molecule has 420 valence electrons. The molecular weight excluding hydrogens is 875 g/mol. The van der Waals surface area contributed by atoms with Crippen molar-refractivity contribution >= 4 is 11.9 Å². The molecule has 71 heavy (non-hydrogen) atoms. The molecule has 0 rings (SSSR count). The Bertz CT molecular complexity index is 1110. The van der Waals surface area contributed by atoms with E-state index in [2.05, 4.69) is 43.5 Å². The minimum Gasteiger partial charge on any atom is -0.466 e. The van der Waals surface area contributed by atoms with Crippen molar-refractivity contribution < 1.29 is 24.5 Å². The molecule has 6 heteroatoms. The molecular formula is C65H125NO5. The van der Waals surface area contributed by atoms with Crippen LogP contribution < -0.4 is 5.32 Å². The summed E-state index contributed by atoms with van der Waals surface area (Å²) < 4.78 is 5.47. The van der Waals surface area contributed by atoms with Crippen LogP contribution >= 0.6 is 0 Å². The maximum atomic E-state index is 12.5. The van der Waals surface area contributed by atoms with Crippen LogP contribution in [0.5, 0.6) is 0 Å². The molecule has 1 amide bonds. The summed E-state index contributed by atoms with van der Waals surface area (Å²) in [5, 5.41) is 23.4. The number of carbonyl (C=O) groups is 2. The van der Waals surface area contributed by atoms with Crippen molar-refractivity contribution in [3.05, 3.63) is 24.3 Å². The highest BCUT2D eigenvalue weighted by atomic mass is 16.5. The van der Waals surface area contributed by atoms with Crippen LogP contribution in [0.25, 0.3) is 0 Å². The van der Waals surface area contributed by atoms with Gasteiger partial charge < -0.3 is 20.3 Å². The van der Waals surface area contributed by atoms with E-state index in [1.54, 1.807) is 0 Å². The molecule has 6 nitrogen and oxygen atoms in total. The average Bonchev–Trinajstić information content (AvgIpc) is 3.37. The summed E-state index contributed by atoms with van der Waals surface area (Å²) >= 11 is 0. The number of aliphatic hydroxyl groups excluding tert-OH is 2. The topological polar surface area (TPSA) is 95.9 Å². The molecule has 2 atom stereocenters. The van der Waals surface area contributed by atoms with E-state index in [0.717, 1.165) is 57.8 Å². The lowest BCUT2D eigenvalue weighted by Crippen LogP contribution is -2.45. The van der Waals surface area contributed by atoms with Gasteiger partial charge in [-0.15, -0.1) is 0 Å². The van der Waals surface area contributed by atoms with Gasteiger partial charge in [0.25, 0.3) is 0 Å². The molecule has 3 N–H and O–H groups in total. The quantitative estimate of drug-likeness (QED) is 0.0320. The van der Waals surface area contributed by atoms with Gasteiger partial charge in [-0.05, 0) is 57.8 Å². The van der Waals surface area contributed by atoms with E-state index < -0.39 is 12.1 Å². The lowest BCUT2D eigenvalue weighted by atomic mass is 10.0. The summed E-state index contributed by atoms with van der Waals surface area (Å²) in [4.78, 5) is 24.6. The molecule has 0 aromatic heterocycles. The summed E-state index contributed by atoms with van der Waals surface area (Å²) in [5.41, 5.74) is 0. The largest absolute Gasteiger partial charge is 0.466 e. The fourth-order valence-electron chi connectivity index (χ4n) is 10.1. The van der Waals surface area contributed by atoms with E-state index in [9.17, 15) is 19.8 Å². The maximum absolute atomic E-state index is 12.5. The number of amides is 1. The van der Waals surface area contributed by atoms with E-state index in [-0.39, 0.29) is 18.5 Å². The Morgan fingerprint density at radius 3 is 1.10 bits per heavy atom. The van der Waals surface area contributed by atoms with Crippen molar-refractivity contribution in [3.8, 4) is 0 Å². The summed E-state index contributed by atoms with van der Waals surface area (Å²) in [6.07, 6.45) is 74.7. The third-order valence-electron chi connectivity index (χ3n) is 15.0. The van der Waals surface area contributed by atoms with Crippen LogP contribution in [0.1, 0.15) is 354 Å². The second-order valence-corrected chi connectivity index (χ2v) is 22.1. The van der Waals surface area contributed by atoms with Crippen LogP contribution in [0.4, 0.5) is 0 Å². The number of allylic oxidation sites excluding steroid dienone is 4. The Morgan fingerprint density at radius 2 is 0.704 bits per heavy atom. The predicted octanol–water partition coefficient (Wildman–Crippen LogP) is 20.2. The predicted molar refractivity (Wildman–Crippen MR) is 310 cm³/mol. The zero-order valence-electron chi connectivity index (χ0n) is 48.0. The molecule has 0 aromatic rings. The van der Waals surface area contributed by atoms with Gasteiger partial charge in [0.15, 0.2) is 0 Å². The lowest BCUT2D eigenvalue weighted by molar-refractivity contribution is -0.143. The monoisotopic (exact) mass is 1000 g/mol. The van der Waals surface area contributed by atoms with Crippen molar-refractivity contribution in [2.24, 2.45) is 0 Å². The van der Waals surface area contributed by atoms with Crippen molar-refractivity contribution in [2.75, 3.05) is 13.2 Å². The van der Waals surface area contributed by atoms with E-state index in [1.165, 1.54) is 263 Å². The van der Waals surface area contributed by atoms with E-state index >= 15 is 0 Å². The Labute approximate surface area is 443 Å². The number of unbranched alkanes of at least 4 members (excludes halogenated alkanes) is 45. The third kappa shape index (κ3) is 57.5. The minimum absolute atomic E-state index is 0.0150. The number of hydrogen-bond acceptors (Lipinski definition) is 5. The second-order valence-electron chi connectivity index (χ2n) is 22.1. The summed E-state index contributed by atoms with van der Waals surface area (Å²) in [7, 11) is 0. The van der Waals surface area contributed by atoms with Crippen molar-refractivity contribution in [1.82, 2.24) is 5.32 Å². The van der Waals surface area contributed by atoms with Crippen molar-refractivity contribution in [1.29, 1.82) is 0 Å². The molecule has 0 aromatic carbocycles. The van der Waals surface area contributed by atoms with Gasteiger partial charge in [0.1, 0.15) is 0 Å². The highest BCUT2D eigenvalue weighted by molar-refractivity contribution is 5.76. The number of rotatable bonds is 60. The molecule has 0 aliphatic carbocycles. The zero-order valence-corrected chi connectivity index (χ0v) is 48.0. The first kappa shape index (κ1) is 69.3. The van der Waals surface area contributed by atoms with Crippen LogP contribution in [-0.2, 0) is 14.3 Å². The van der Waals surface area contributed by atoms with E-state index in [1.807, 2.05) is 0 Å². The molecule has 0 aliphatic heterocycles. The number of carbonyl (C=O) groups excluding carboxylic acids is 2. The van der Waals surface area contributed by atoms with Gasteiger partial charge in [-0.3, -0.25) is 9.59 Å². The van der Waals surface area contributed by atoms with Gasteiger partial charge in [0.2, 0.25) is 5.91 Å². The number of esters is 1. The van der Waals surface area contributed by atoms with Crippen LogP contribution in [0.3, 0.4) is 0 Å². The molecule has 2 unspecified atom stereocenters. The summed E-state index contributed by atoms with van der Waals surface area (Å²) in [5.74, 6) is -0.0572. The maximum Gasteiger partial charge on any atom is 0.305 e.